The molecule has 82 valence electrons. The van der Waals surface area contributed by atoms with Crippen molar-refractivity contribution in [3.63, 3.8) is 0 Å². The number of aryl methyl sites for hydroxylation is 1. The molecule has 7 heteroatoms. The smallest absolute Gasteiger partial charge is 0.192 e. The second-order valence-electron chi connectivity index (χ2n) is 3.04. The van der Waals surface area contributed by atoms with Gasteiger partial charge in [0.15, 0.2) is 5.16 Å². The van der Waals surface area contributed by atoms with Crippen LogP contribution >= 0.6 is 11.8 Å². The Morgan fingerprint density at radius 2 is 2.31 bits per heavy atom. The van der Waals surface area contributed by atoms with Gasteiger partial charge >= 0.3 is 0 Å². The monoisotopic (exact) mass is 234 g/mol. The van der Waals surface area contributed by atoms with Gasteiger partial charge in [-0.25, -0.2) is 14.6 Å². The lowest BCUT2D eigenvalue weighted by atomic mass is 10.3. The zero-order valence-electron chi connectivity index (χ0n) is 8.58. The number of nitrogens with one attached hydrogen (secondary N) is 1. The number of pyridine rings is 1. The Hall–Kier alpha value is -1.89. The molecule has 2 aromatic rings. The quantitative estimate of drug-likeness (QED) is 0.600. The molecule has 0 saturated carbocycles. The van der Waals surface area contributed by atoms with E-state index in [1.807, 2.05) is 0 Å². The van der Waals surface area contributed by atoms with Gasteiger partial charge in [-0.1, -0.05) is 0 Å². The molecule has 0 radical (unpaired) electrons. The van der Waals surface area contributed by atoms with Crippen LogP contribution in [0.2, 0.25) is 0 Å². The van der Waals surface area contributed by atoms with Crippen LogP contribution in [0, 0.1) is 5.41 Å². The molecule has 0 spiro atoms. The highest BCUT2D eigenvalue weighted by Crippen LogP contribution is 2.25. The molecule has 0 fully saturated rings. The zero-order chi connectivity index (χ0) is 11.5. The largest absolute Gasteiger partial charge is 0.384 e. The van der Waals surface area contributed by atoms with E-state index >= 15 is 0 Å². The molecule has 0 bridgehead atoms. The molecule has 3 N–H and O–H groups in total. The molecule has 0 amide bonds. The maximum Gasteiger partial charge on any atom is 0.192 e. The number of aromatic nitrogens is 4. The third-order valence-electron chi connectivity index (χ3n) is 1.92. The Balaban J connectivity index is 2.35. The summed E-state index contributed by atoms with van der Waals surface area (Å²) in [6.45, 7) is 0. The highest BCUT2D eigenvalue weighted by Gasteiger charge is 2.10. The summed E-state index contributed by atoms with van der Waals surface area (Å²) in [7, 11) is 1.80. The van der Waals surface area contributed by atoms with Gasteiger partial charge in [-0.15, -0.1) is 0 Å². The number of amidine groups is 1. The molecular weight excluding hydrogens is 224 g/mol. The molecule has 0 unspecified atom stereocenters. The van der Waals surface area contributed by atoms with Crippen molar-refractivity contribution in [3.05, 3.63) is 30.2 Å². The van der Waals surface area contributed by atoms with Crippen molar-refractivity contribution in [2.45, 2.75) is 10.2 Å². The maximum absolute atomic E-state index is 7.44. The Labute approximate surface area is 96.4 Å². The Kier molecular flexibility index (Phi) is 2.86. The minimum absolute atomic E-state index is 0.00207. The molecule has 0 saturated heterocycles. The first-order chi connectivity index (χ1) is 7.68. The van der Waals surface area contributed by atoms with E-state index in [0.717, 1.165) is 0 Å². The summed E-state index contributed by atoms with van der Waals surface area (Å²) < 4.78 is 1.64. The van der Waals surface area contributed by atoms with E-state index in [9.17, 15) is 0 Å². The Morgan fingerprint density at radius 1 is 1.50 bits per heavy atom. The molecule has 0 aromatic carbocycles. The van der Waals surface area contributed by atoms with Crippen LogP contribution < -0.4 is 5.73 Å². The fourth-order valence-electron chi connectivity index (χ4n) is 1.14. The van der Waals surface area contributed by atoms with Gasteiger partial charge in [-0.2, -0.15) is 5.10 Å². The van der Waals surface area contributed by atoms with E-state index in [-0.39, 0.29) is 5.84 Å². The van der Waals surface area contributed by atoms with Crippen LogP contribution in [0.25, 0.3) is 0 Å². The molecule has 0 aliphatic heterocycles. The second-order valence-corrected chi connectivity index (χ2v) is 3.99. The molecule has 16 heavy (non-hydrogen) atoms. The minimum Gasteiger partial charge on any atom is -0.384 e. The molecule has 6 nitrogen and oxygen atoms in total. The summed E-state index contributed by atoms with van der Waals surface area (Å²) in [4.78, 5) is 8.25. The van der Waals surface area contributed by atoms with Crippen LogP contribution in [0.5, 0.6) is 0 Å². The van der Waals surface area contributed by atoms with Crippen molar-refractivity contribution in [1.82, 2.24) is 19.7 Å². The van der Waals surface area contributed by atoms with Crippen molar-refractivity contribution in [2.75, 3.05) is 0 Å². The van der Waals surface area contributed by atoms with Gasteiger partial charge < -0.3 is 5.73 Å². The van der Waals surface area contributed by atoms with Gasteiger partial charge in [0.05, 0.1) is 0 Å². The SMILES string of the molecule is Cn1ncnc1Sc1ncccc1C(=N)N. The van der Waals surface area contributed by atoms with Crippen molar-refractivity contribution in [3.8, 4) is 0 Å². The van der Waals surface area contributed by atoms with Gasteiger partial charge in [-0.05, 0) is 23.9 Å². The van der Waals surface area contributed by atoms with E-state index in [1.165, 1.54) is 18.1 Å². The van der Waals surface area contributed by atoms with Crippen molar-refractivity contribution in [1.29, 1.82) is 5.41 Å². The highest BCUT2D eigenvalue weighted by molar-refractivity contribution is 7.99. The zero-order valence-corrected chi connectivity index (χ0v) is 9.40. The van der Waals surface area contributed by atoms with Crippen LogP contribution in [-0.2, 0) is 7.05 Å². The summed E-state index contributed by atoms with van der Waals surface area (Å²) in [5.41, 5.74) is 6.08. The highest BCUT2D eigenvalue weighted by atomic mass is 32.2. The van der Waals surface area contributed by atoms with Crippen molar-refractivity contribution in [2.24, 2.45) is 12.8 Å². The molecule has 0 atom stereocenters. The van der Waals surface area contributed by atoms with Gasteiger partial charge in [0.1, 0.15) is 17.2 Å². The number of hydrogen-bond acceptors (Lipinski definition) is 5. The third-order valence-corrected chi connectivity index (χ3v) is 2.99. The number of rotatable bonds is 3. The van der Waals surface area contributed by atoms with Crippen LogP contribution in [0.3, 0.4) is 0 Å². The number of nitrogens with two attached hydrogens (primary N) is 1. The summed E-state index contributed by atoms with van der Waals surface area (Å²) in [5.74, 6) is -0.00207. The van der Waals surface area contributed by atoms with Gasteiger partial charge in [-0.3, -0.25) is 5.41 Å². The maximum atomic E-state index is 7.44. The predicted molar refractivity (Wildman–Crippen MR) is 60.4 cm³/mol. The number of nitrogen functional groups attached to an aromatic ring is 1. The van der Waals surface area contributed by atoms with Crippen LogP contribution in [-0.4, -0.2) is 25.6 Å². The molecule has 2 heterocycles. The lowest BCUT2D eigenvalue weighted by Gasteiger charge is -2.04. The average molecular weight is 234 g/mol. The third kappa shape index (κ3) is 2.03. The van der Waals surface area contributed by atoms with E-state index in [2.05, 4.69) is 15.1 Å². The van der Waals surface area contributed by atoms with E-state index in [1.54, 1.807) is 30.1 Å². The van der Waals surface area contributed by atoms with E-state index < -0.39 is 0 Å². The minimum atomic E-state index is -0.00207. The normalized spacial score (nSPS) is 10.3. The first-order valence-corrected chi connectivity index (χ1v) is 5.31. The fraction of sp³-hybridized carbons (Fsp3) is 0.111. The summed E-state index contributed by atoms with van der Waals surface area (Å²) >= 11 is 1.33. The molecule has 0 aliphatic carbocycles. The molecule has 2 aromatic heterocycles. The lowest BCUT2D eigenvalue weighted by molar-refractivity contribution is 0.684. The molecule has 0 aliphatic rings. The average Bonchev–Trinajstić information content (AvgIpc) is 2.65. The van der Waals surface area contributed by atoms with E-state index in [4.69, 9.17) is 11.1 Å². The van der Waals surface area contributed by atoms with Crippen LogP contribution in [0.4, 0.5) is 0 Å². The Morgan fingerprint density at radius 3 is 2.94 bits per heavy atom. The van der Waals surface area contributed by atoms with Crippen LogP contribution in [0.1, 0.15) is 5.56 Å². The second kappa shape index (κ2) is 4.31. The van der Waals surface area contributed by atoms with Gasteiger partial charge in [0.25, 0.3) is 0 Å². The predicted octanol–water partition coefficient (Wildman–Crippen LogP) is 0.645. The lowest BCUT2D eigenvalue weighted by Crippen LogP contribution is -2.13. The number of nitrogens with zero attached hydrogens (tertiary/aromatic N) is 4. The number of hydrogen-bond donors (Lipinski definition) is 2. The molecular formula is C9H10N6S. The summed E-state index contributed by atoms with van der Waals surface area (Å²) in [6.07, 6.45) is 3.13. The Bertz CT molecular complexity index is 520. The van der Waals surface area contributed by atoms with E-state index in [0.29, 0.717) is 15.7 Å². The molecule has 2 rings (SSSR count). The standard InChI is InChI=1S/C9H10N6S/c1-15-9(13-5-14-15)16-8-6(7(10)11)3-2-4-12-8/h2-5H,1H3,(H3,10,11). The van der Waals surface area contributed by atoms with Crippen molar-refractivity contribution < 1.29 is 0 Å². The summed E-state index contributed by atoms with van der Waals surface area (Å²) in [6, 6.07) is 3.51. The first kappa shape index (κ1) is 10.6. The first-order valence-electron chi connectivity index (χ1n) is 4.49. The van der Waals surface area contributed by atoms with Gasteiger partial charge in [0, 0.05) is 18.8 Å². The topological polar surface area (TPSA) is 93.5 Å². The fourth-order valence-corrected chi connectivity index (χ4v) is 2.00. The summed E-state index contributed by atoms with van der Waals surface area (Å²) in [5, 5.41) is 12.8. The van der Waals surface area contributed by atoms with Gasteiger partial charge in [0.2, 0.25) is 0 Å². The van der Waals surface area contributed by atoms with Crippen LogP contribution in [0.15, 0.2) is 34.8 Å². The van der Waals surface area contributed by atoms with Crippen molar-refractivity contribution >= 4 is 17.6 Å².